The molecule has 1 aliphatic carbocycles. The van der Waals surface area contributed by atoms with Gasteiger partial charge in [0.25, 0.3) is 5.69 Å². The Bertz CT molecular complexity index is 1340. The maximum Gasteiger partial charge on any atom is 0.410 e. The molecule has 3 aromatic rings. The minimum Gasteiger partial charge on any atom is -0.489 e. The van der Waals surface area contributed by atoms with E-state index in [0.717, 1.165) is 12.8 Å². The first-order chi connectivity index (χ1) is 19.1. The summed E-state index contributed by atoms with van der Waals surface area (Å²) in [7, 11) is 1.51. The molecule has 9 nitrogen and oxygen atoms in total. The summed E-state index contributed by atoms with van der Waals surface area (Å²) >= 11 is 12.7. The summed E-state index contributed by atoms with van der Waals surface area (Å²) < 4.78 is 42.3. The van der Waals surface area contributed by atoms with Crippen LogP contribution in [0.1, 0.15) is 35.6 Å². The van der Waals surface area contributed by atoms with Gasteiger partial charge in [-0.25, -0.2) is 4.79 Å². The monoisotopic (exact) mass is 595 g/mol. The number of hydrogen-bond donors (Lipinski definition) is 0. The van der Waals surface area contributed by atoms with Crippen LogP contribution in [0, 0.1) is 16.0 Å². The van der Waals surface area contributed by atoms with Crippen molar-refractivity contribution in [3.05, 3.63) is 91.7 Å². The van der Waals surface area contributed by atoms with Crippen LogP contribution in [0.2, 0.25) is 10.0 Å². The Morgan fingerprint density at radius 2 is 1.80 bits per heavy atom. The summed E-state index contributed by atoms with van der Waals surface area (Å²) in [5.41, 5.74) is 1.49. The van der Waals surface area contributed by atoms with Crippen LogP contribution in [-0.4, -0.2) is 41.2 Å². The van der Waals surface area contributed by atoms with Crippen molar-refractivity contribution >= 4 is 35.0 Å². The van der Waals surface area contributed by atoms with E-state index in [1.54, 1.807) is 12.1 Å². The molecule has 1 aliphatic rings. The van der Waals surface area contributed by atoms with Crippen LogP contribution in [0.15, 0.2) is 54.9 Å². The second-order valence-electron chi connectivity index (χ2n) is 9.28. The van der Waals surface area contributed by atoms with Crippen LogP contribution in [0.25, 0.3) is 0 Å². The second kappa shape index (κ2) is 13.1. The van der Waals surface area contributed by atoms with E-state index < -0.39 is 23.7 Å². The third-order valence-corrected chi connectivity index (χ3v) is 6.84. The average molecular weight is 596 g/mol. The molecule has 212 valence electrons. The molecule has 0 unspecified atom stereocenters. The lowest BCUT2D eigenvalue weighted by Crippen LogP contribution is -2.29. The number of aromatic nitrogens is 1. The Kier molecular flexibility index (Phi) is 9.59. The molecular weight excluding hydrogens is 571 g/mol. The molecule has 0 N–H and O–H groups in total. The molecule has 1 aromatic heterocycles. The molecule has 0 saturated heterocycles. The van der Waals surface area contributed by atoms with Crippen molar-refractivity contribution in [3.63, 3.8) is 0 Å². The summed E-state index contributed by atoms with van der Waals surface area (Å²) in [5.74, 6) is 0.302. The number of carbonyl (C=O) groups is 1. The molecule has 1 atom stereocenters. The van der Waals surface area contributed by atoms with Gasteiger partial charge in [0.1, 0.15) is 6.10 Å². The predicted molar refractivity (Wildman–Crippen MR) is 143 cm³/mol. The van der Waals surface area contributed by atoms with Crippen molar-refractivity contribution in [2.75, 3.05) is 13.7 Å². The van der Waals surface area contributed by atoms with E-state index in [9.17, 15) is 23.7 Å². The number of rotatable bonds is 12. The van der Waals surface area contributed by atoms with Crippen molar-refractivity contribution in [2.45, 2.75) is 38.5 Å². The zero-order valence-electron chi connectivity index (χ0n) is 21.3. The quantitative estimate of drug-likeness (QED) is 0.160. The standard InChI is InChI=1S/C27H25Cl2F2N3O6/c1-33(14-16-4-7-19(8-5-16)34(36)37)27(35)40-24(11-20-21(28)12-32-13-22(20)29)18-6-9-23(39-26(30)31)25(10-18)38-15-17-2-3-17/h4-10,12-13,17,24,26H,2-3,11,14-15H2,1H3/t24-/m0/s1. The highest BCUT2D eigenvalue weighted by Gasteiger charge is 2.26. The maximum absolute atomic E-state index is 13.1. The normalized spacial score (nSPS) is 13.6. The fourth-order valence-electron chi connectivity index (χ4n) is 3.84. The minimum atomic E-state index is -3.05. The first-order valence-corrected chi connectivity index (χ1v) is 13.0. The molecule has 1 saturated carbocycles. The maximum atomic E-state index is 13.1. The smallest absolute Gasteiger partial charge is 0.410 e. The van der Waals surface area contributed by atoms with Crippen LogP contribution in [-0.2, 0) is 17.7 Å². The van der Waals surface area contributed by atoms with Gasteiger partial charge in [0.05, 0.1) is 21.6 Å². The highest BCUT2D eigenvalue weighted by molar-refractivity contribution is 6.35. The lowest BCUT2D eigenvalue weighted by molar-refractivity contribution is -0.384. The molecule has 13 heteroatoms. The zero-order chi connectivity index (χ0) is 28.8. The minimum absolute atomic E-state index is 0.0500. The number of ether oxygens (including phenoxy) is 3. The number of carbonyl (C=O) groups excluding carboxylic acids is 1. The molecular formula is C27H25Cl2F2N3O6. The third kappa shape index (κ3) is 7.92. The first kappa shape index (κ1) is 29.3. The highest BCUT2D eigenvalue weighted by atomic mass is 35.5. The first-order valence-electron chi connectivity index (χ1n) is 12.2. The summed E-state index contributed by atoms with van der Waals surface area (Å²) in [4.78, 5) is 28.8. The number of benzene rings is 2. The van der Waals surface area contributed by atoms with Crippen molar-refractivity contribution in [1.29, 1.82) is 0 Å². The fourth-order valence-corrected chi connectivity index (χ4v) is 4.36. The van der Waals surface area contributed by atoms with E-state index in [0.29, 0.717) is 29.2 Å². The van der Waals surface area contributed by atoms with Crippen molar-refractivity contribution in [1.82, 2.24) is 9.88 Å². The van der Waals surface area contributed by atoms with Gasteiger partial charge in [0, 0.05) is 44.5 Å². The zero-order valence-corrected chi connectivity index (χ0v) is 22.8. The number of nitro benzene ring substituents is 1. The Balaban J connectivity index is 1.59. The fraction of sp³-hybridized carbons (Fsp3) is 0.333. The van der Waals surface area contributed by atoms with E-state index in [-0.39, 0.29) is 40.2 Å². The van der Waals surface area contributed by atoms with Gasteiger partial charge in [-0.2, -0.15) is 8.78 Å². The molecule has 1 fully saturated rings. The predicted octanol–water partition coefficient (Wildman–Crippen LogP) is 7.24. The molecule has 0 spiro atoms. The van der Waals surface area contributed by atoms with Gasteiger partial charge >= 0.3 is 12.7 Å². The summed E-state index contributed by atoms with van der Waals surface area (Å²) in [6, 6.07) is 10.1. The largest absolute Gasteiger partial charge is 0.489 e. The molecule has 4 rings (SSSR count). The van der Waals surface area contributed by atoms with Crippen molar-refractivity contribution in [3.8, 4) is 11.5 Å². The summed E-state index contributed by atoms with van der Waals surface area (Å²) in [6.45, 7) is -2.60. The second-order valence-corrected chi connectivity index (χ2v) is 10.1. The van der Waals surface area contributed by atoms with E-state index in [1.165, 1.54) is 54.7 Å². The van der Waals surface area contributed by atoms with E-state index in [1.807, 2.05) is 0 Å². The topological polar surface area (TPSA) is 104 Å². The molecule has 1 heterocycles. The van der Waals surface area contributed by atoms with Crippen molar-refractivity contribution in [2.24, 2.45) is 5.92 Å². The number of hydrogen-bond acceptors (Lipinski definition) is 7. The van der Waals surface area contributed by atoms with Gasteiger partial charge in [0.15, 0.2) is 11.5 Å². The van der Waals surface area contributed by atoms with Gasteiger partial charge in [-0.1, -0.05) is 41.4 Å². The number of pyridine rings is 1. The van der Waals surface area contributed by atoms with Gasteiger partial charge < -0.3 is 19.1 Å². The lowest BCUT2D eigenvalue weighted by atomic mass is 10.0. The van der Waals surface area contributed by atoms with Crippen LogP contribution >= 0.6 is 23.2 Å². The molecule has 0 aliphatic heterocycles. The Hall–Kier alpha value is -3.70. The number of alkyl halides is 2. The molecule has 2 aromatic carbocycles. The van der Waals surface area contributed by atoms with Gasteiger partial charge in [-0.05, 0) is 47.6 Å². The molecule has 0 radical (unpaired) electrons. The summed E-state index contributed by atoms with van der Waals surface area (Å²) in [5, 5.41) is 11.4. The SMILES string of the molecule is CN(Cc1ccc([N+](=O)[O-])cc1)C(=O)O[C@@H](Cc1c(Cl)cncc1Cl)c1ccc(OC(F)F)c(OCC2CC2)c1. The highest BCUT2D eigenvalue weighted by Crippen LogP contribution is 2.38. The molecule has 1 amide bonds. The van der Waals surface area contributed by atoms with Crippen LogP contribution in [0.5, 0.6) is 11.5 Å². The van der Waals surface area contributed by atoms with Crippen molar-refractivity contribution < 1.29 is 32.7 Å². The van der Waals surface area contributed by atoms with E-state index in [4.69, 9.17) is 32.7 Å². The van der Waals surface area contributed by atoms with E-state index >= 15 is 0 Å². The van der Waals surface area contributed by atoms with E-state index in [2.05, 4.69) is 9.72 Å². The lowest BCUT2D eigenvalue weighted by Gasteiger charge is -2.24. The molecule has 0 bridgehead atoms. The number of nitro groups is 1. The number of non-ortho nitro benzene ring substituents is 1. The Morgan fingerprint density at radius 1 is 1.12 bits per heavy atom. The third-order valence-electron chi connectivity index (χ3n) is 6.19. The number of halogens is 4. The molecule has 40 heavy (non-hydrogen) atoms. The van der Waals surface area contributed by atoms with Crippen LogP contribution < -0.4 is 9.47 Å². The average Bonchev–Trinajstić information content (AvgIpc) is 3.74. The van der Waals surface area contributed by atoms with Gasteiger partial charge in [-0.15, -0.1) is 0 Å². The van der Waals surface area contributed by atoms with Crippen LogP contribution in [0.3, 0.4) is 0 Å². The Morgan fingerprint density at radius 3 is 2.40 bits per heavy atom. The van der Waals surface area contributed by atoms with Crippen LogP contribution in [0.4, 0.5) is 19.3 Å². The van der Waals surface area contributed by atoms with Gasteiger partial charge in [-0.3, -0.25) is 15.1 Å². The number of nitrogens with zero attached hydrogens (tertiary/aromatic N) is 3. The number of amides is 1. The van der Waals surface area contributed by atoms with Gasteiger partial charge in [0.2, 0.25) is 0 Å². The Labute approximate surface area is 238 Å². The summed E-state index contributed by atoms with van der Waals surface area (Å²) in [6.07, 6.45) is 3.19.